The van der Waals surface area contributed by atoms with Crippen molar-refractivity contribution < 1.29 is 18.7 Å². The first-order chi connectivity index (χ1) is 10.1. The normalized spacial score (nSPS) is 10.0. The van der Waals surface area contributed by atoms with Gasteiger partial charge in [-0.2, -0.15) is 0 Å². The number of nitrogens with one attached hydrogen (secondary N) is 1. The Bertz CT molecular complexity index is 679. The van der Waals surface area contributed by atoms with E-state index in [2.05, 4.69) is 26.2 Å². The summed E-state index contributed by atoms with van der Waals surface area (Å²) in [5.74, 6) is -1.88. The number of aromatic nitrogens is 1. The molecule has 0 fully saturated rings. The molecule has 5 nitrogen and oxygen atoms in total. The van der Waals surface area contributed by atoms with Gasteiger partial charge in [0.05, 0.1) is 11.3 Å². The molecule has 1 heterocycles. The number of hydrogen-bond acceptors (Lipinski definition) is 4. The van der Waals surface area contributed by atoms with Crippen molar-refractivity contribution in [3.63, 3.8) is 0 Å². The molecule has 108 valence electrons. The summed E-state index contributed by atoms with van der Waals surface area (Å²) in [5.41, 5.74) is 0.241. The molecule has 2 aromatic rings. The highest BCUT2D eigenvalue weighted by Crippen LogP contribution is 2.13. The van der Waals surface area contributed by atoms with Gasteiger partial charge in [-0.25, -0.2) is 9.18 Å². The molecule has 1 N–H and O–H groups in total. The minimum atomic E-state index is -0.688. The van der Waals surface area contributed by atoms with Gasteiger partial charge in [-0.05, 0) is 34.1 Å². The van der Waals surface area contributed by atoms with Crippen LogP contribution in [0.4, 0.5) is 10.1 Å². The molecule has 0 radical (unpaired) electrons. The lowest BCUT2D eigenvalue weighted by Crippen LogP contribution is -2.21. The second-order valence-corrected chi connectivity index (χ2v) is 4.91. The van der Waals surface area contributed by atoms with Crippen molar-refractivity contribution in [2.24, 2.45) is 0 Å². The van der Waals surface area contributed by atoms with E-state index in [1.54, 1.807) is 6.07 Å². The number of ether oxygens (including phenoxy) is 1. The quantitative estimate of drug-likeness (QED) is 0.859. The first-order valence-electron chi connectivity index (χ1n) is 5.88. The van der Waals surface area contributed by atoms with Gasteiger partial charge < -0.3 is 10.1 Å². The summed E-state index contributed by atoms with van der Waals surface area (Å²) in [6.45, 7) is -0.514. The monoisotopic (exact) mass is 352 g/mol. The number of carbonyl (C=O) groups excluding carboxylic acids is 2. The van der Waals surface area contributed by atoms with E-state index in [0.717, 1.165) is 0 Å². The van der Waals surface area contributed by atoms with Crippen LogP contribution in [0.25, 0.3) is 0 Å². The molecule has 0 aliphatic carbocycles. The molecule has 0 unspecified atom stereocenters. The Morgan fingerprint density at radius 1 is 1.29 bits per heavy atom. The van der Waals surface area contributed by atoms with Crippen LogP contribution in [0.15, 0.2) is 47.2 Å². The summed E-state index contributed by atoms with van der Waals surface area (Å²) >= 11 is 3.17. The van der Waals surface area contributed by atoms with Gasteiger partial charge in [-0.1, -0.05) is 12.1 Å². The van der Waals surface area contributed by atoms with Gasteiger partial charge >= 0.3 is 5.97 Å². The van der Waals surface area contributed by atoms with E-state index in [-0.39, 0.29) is 11.3 Å². The van der Waals surface area contributed by atoms with Crippen LogP contribution in [0, 0.1) is 5.82 Å². The highest BCUT2D eigenvalue weighted by atomic mass is 79.9. The summed E-state index contributed by atoms with van der Waals surface area (Å²) in [4.78, 5) is 27.1. The molecule has 1 aromatic carbocycles. The molecule has 0 saturated carbocycles. The highest BCUT2D eigenvalue weighted by Gasteiger charge is 2.12. The van der Waals surface area contributed by atoms with E-state index in [1.165, 1.54) is 36.7 Å². The van der Waals surface area contributed by atoms with E-state index < -0.39 is 24.3 Å². The van der Waals surface area contributed by atoms with Crippen molar-refractivity contribution >= 4 is 33.5 Å². The van der Waals surface area contributed by atoms with E-state index >= 15 is 0 Å². The Morgan fingerprint density at radius 2 is 2.05 bits per heavy atom. The van der Waals surface area contributed by atoms with E-state index in [4.69, 9.17) is 4.74 Å². The second-order valence-electron chi connectivity index (χ2n) is 4.00. The van der Waals surface area contributed by atoms with Crippen LogP contribution < -0.4 is 5.32 Å². The molecule has 2 rings (SSSR count). The Morgan fingerprint density at radius 3 is 2.76 bits per heavy atom. The highest BCUT2D eigenvalue weighted by molar-refractivity contribution is 9.10. The number of para-hydroxylation sites is 1. The lowest BCUT2D eigenvalue weighted by atomic mass is 10.3. The van der Waals surface area contributed by atoms with Crippen LogP contribution in [-0.4, -0.2) is 23.5 Å². The number of nitrogens with zero attached hydrogens (tertiary/aromatic N) is 1. The van der Waals surface area contributed by atoms with Gasteiger partial charge in [0.1, 0.15) is 5.82 Å². The summed E-state index contributed by atoms with van der Waals surface area (Å²) in [5, 5.41) is 2.31. The number of amides is 1. The number of pyridine rings is 1. The fourth-order valence-corrected chi connectivity index (χ4v) is 1.85. The average Bonchev–Trinajstić information content (AvgIpc) is 2.47. The number of anilines is 1. The fourth-order valence-electron chi connectivity index (χ4n) is 1.49. The molecule has 0 saturated heterocycles. The van der Waals surface area contributed by atoms with Crippen LogP contribution in [-0.2, 0) is 9.53 Å². The number of rotatable bonds is 4. The maximum atomic E-state index is 13.3. The van der Waals surface area contributed by atoms with Crippen molar-refractivity contribution in [2.45, 2.75) is 0 Å². The van der Waals surface area contributed by atoms with Gasteiger partial charge in [0, 0.05) is 16.9 Å². The molecule has 1 aromatic heterocycles. The molecular formula is C14H10BrFN2O3. The number of benzene rings is 1. The lowest BCUT2D eigenvalue weighted by Gasteiger charge is -2.07. The smallest absolute Gasteiger partial charge is 0.340 e. The minimum absolute atomic E-state index is 0.0303. The van der Waals surface area contributed by atoms with Crippen molar-refractivity contribution in [2.75, 3.05) is 11.9 Å². The Balaban J connectivity index is 1.90. The van der Waals surface area contributed by atoms with Gasteiger partial charge in [-0.3, -0.25) is 9.78 Å². The minimum Gasteiger partial charge on any atom is -0.452 e. The first kappa shape index (κ1) is 15.1. The Kier molecular flexibility index (Phi) is 4.99. The fraction of sp³-hybridized carbons (Fsp3) is 0.0714. The van der Waals surface area contributed by atoms with Crippen molar-refractivity contribution in [3.8, 4) is 0 Å². The number of halogens is 2. The topological polar surface area (TPSA) is 68.3 Å². The van der Waals surface area contributed by atoms with Crippen LogP contribution in [0.1, 0.15) is 10.4 Å². The third kappa shape index (κ3) is 4.35. The van der Waals surface area contributed by atoms with Crippen molar-refractivity contribution in [1.82, 2.24) is 4.98 Å². The maximum Gasteiger partial charge on any atom is 0.340 e. The van der Waals surface area contributed by atoms with Crippen molar-refractivity contribution in [3.05, 3.63) is 58.6 Å². The molecule has 21 heavy (non-hydrogen) atoms. The lowest BCUT2D eigenvalue weighted by molar-refractivity contribution is -0.119. The standard InChI is InChI=1S/C14H10BrFN2O3/c15-10-5-9(6-17-7-10)14(20)21-8-13(19)18-12-4-2-1-3-11(12)16/h1-7H,8H2,(H,18,19). The molecule has 0 atom stereocenters. The van der Waals surface area contributed by atoms with Gasteiger partial charge in [-0.15, -0.1) is 0 Å². The van der Waals surface area contributed by atoms with Crippen LogP contribution in [0.2, 0.25) is 0 Å². The number of hydrogen-bond donors (Lipinski definition) is 1. The number of carbonyl (C=O) groups is 2. The van der Waals surface area contributed by atoms with E-state index in [9.17, 15) is 14.0 Å². The zero-order chi connectivity index (χ0) is 15.2. The summed E-state index contributed by atoms with van der Waals surface area (Å²) in [7, 11) is 0. The summed E-state index contributed by atoms with van der Waals surface area (Å²) < 4.78 is 18.8. The molecule has 1 amide bonds. The second kappa shape index (κ2) is 6.94. The molecule has 0 bridgehead atoms. The third-order valence-electron chi connectivity index (χ3n) is 2.42. The first-order valence-corrected chi connectivity index (χ1v) is 6.67. The predicted octanol–water partition coefficient (Wildman–Crippen LogP) is 2.78. The summed E-state index contributed by atoms with van der Waals surface area (Å²) in [6.07, 6.45) is 2.84. The number of esters is 1. The molecule has 7 heteroatoms. The SMILES string of the molecule is O=C(COC(=O)c1cncc(Br)c1)Nc1ccccc1F. The molecule has 0 spiro atoms. The maximum absolute atomic E-state index is 13.3. The zero-order valence-electron chi connectivity index (χ0n) is 10.7. The predicted molar refractivity (Wildman–Crippen MR) is 77.2 cm³/mol. The average molecular weight is 353 g/mol. The van der Waals surface area contributed by atoms with E-state index in [0.29, 0.717) is 4.47 Å². The van der Waals surface area contributed by atoms with Gasteiger partial charge in [0.2, 0.25) is 0 Å². The largest absolute Gasteiger partial charge is 0.452 e. The van der Waals surface area contributed by atoms with Crippen LogP contribution in [0.3, 0.4) is 0 Å². The molecule has 0 aliphatic rings. The van der Waals surface area contributed by atoms with Gasteiger partial charge in [0.25, 0.3) is 5.91 Å². The van der Waals surface area contributed by atoms with Gasteiger partial charge in [0.15, 0.2) is 6.61 Å². The van der Waals surface area contributed by atoms with E-state index in [1.807, 2.05) is 0 Å². The molecule has 0 aliphatic heterocycles. The molecular weight excluding hydrogens is 343 g/mol. The van der Waals surface area contributed by atoms with Crippen LogP contribution in [0.5, 0.6) is 0 Å². The Labute approximate surface area is 128 Å². The van der Waals surface area contributed by atoms with Crippen molar-refractivity contribution in [1.29, 1.82) is 0 Å². The summed E-state index contributed by atoms with van der Waals surface area (Å²) in [6, 6.07) is 7.23. The van der Waals surface area contributed by atoms with Crippen LogP contribution >= 0.6 is 15.9 Å². The Hall–Kier alpha value is -2.28. The third-order valence-corrected chi connectivity index (χ3v) is 2.86. The zero-order valence-corrected chi connectivity index (χ0v) is 12.3.